The van der Waals surface area contributed by atoms with E-state index in [2.05, 4.69) is 0 Å². The maximum atomic E-state index is 14.2. The van der Waals surface area contributed by atoms with Crippen LogP contribution in [0.4, 0.5) is 8.78 Å². The Balaban J connectivity index is 2.50. The highest BCUT2D eigenvalue weighted by Crippen LogP contribution is 2.40. The predicted octanol–water partition coefficient (Wildman–Crippen LogP) is -1.98. The van der Waals surface area contributed by atoms with Crippen molar-refractivity contribution in [3.8, 4) is 0 Å². The number of hydrogen-bond acceptors (Lipinski definition) is 6. The van der Waals surface area contributed by atoms with E-state index in [0.717, 1.165) is 6.92 Å². The van der Waals surface area contributed by atoms with Crippen LogP contribution < -0.4 is 11.2 Å². The van der Waals surface area contributed by atoms with Crippen LogP contribution in [0.25, 0.3) is 0 Å². The normalized spacial score (nSPS) is 34.1. The molecular weight excluding hydrogens is 294 g/mol. The van der Waals surface area contributed by atoms with Crippen molar-refractivity contribution in [2.24, 2.45) is 0 Å². The summed E-state index contributed by atoms with van der Waals surface area (Å²) in [4.78, 5) is 24.1. The second-order valence-corrected chi connectivity index (χ2v) is 4.83. The Hall–Kier alpha value is -1.62. The molecule has 2 rings (SSSR count). The van der Waals surface area contributed by atoms with Crippen molar-refractivity contribution in [3.63, 3.8) is 0 Å². The number of rotatable bonds is 3. The summed E-state index contributed by atoms with van der Waals surface area (Å²) in [5.41, 5.74) is -4.49. The summed E-state index contributed by atoms with van der Waals surface area (Å²) in [5.74, 6) is -1.35. The Labute approximate surface area is 116 Å². The minimum absolute atomic E-state index is 0.407. The average Bonchev–Trinajstić information content (AvgIpc) is 2.68. The lowest BCUT2D eigenvalue weighted by atomic mass is 9.91. The summed E-state index contributed by atoms with van der Waals surface area (Å²) >= 11 is 0. The molecule has 4 N–H and O–H groups in total. The second kappa shape index (κ2) is 5.30. The zero-order valence-corrected chi connectivity index (χ0v) is 10.9. The van der Waals surface area contributed by atoms with Gasteiger partial charge in [0, 0.05) is 0 Å². The molecule has 0 amide bonds. The van der Waals surface area contributed by atoms with Crippen LogP contribution in [0.5, 0.6) is 0 Å². The lowest BCUT2D eigenvalue weighted by Gasteiger charge is -2.32. The van der Waals surface area contributed by atoms with Crippen molar-refractivity contribution < 1.29 is 28.8 Å². The first-order valence-corrected chi connectivity index (χ1v) is 6.04. The lowest BCUT2D eigenvalue weighted by molar-refractivity contribution is -0.178. The molecule has 0 spiro atoms. The summed E-state index contributed by atoms with van der Waals surface area (Å²) in [6.45, 7) is 0.230. The van der Waals surface area contributed by atoms with Crippen molar-refractivity contribution in [1.29, 1.82) is 0 Å². The van der Waals surface area contributed by atoms with Gasteiger partial charge < -0.3 is 20.1 Å². The van der Waals surface area contributed by atoms with E-state index >= 15 is 0 Å². The Morgan fingerprint density at radius 1 is 1.57 bits per heavy atom. The first-order chi connectivity index (χ1) is 9.74. The average molecular weight is 308 g/mol. The number of H-pyrrole nitrogens is 1. The van der Waals surface area contributed by atoms with Gasteiger partial charge in [0.2, 0.25) is 5.82 Å². The number of aliphatic hydroxyl groups is 3. The van der Waals surface area contributed by atoms with Gasteiger partial charge in [0.05, 0.1) is 18.9 Å². The largest absolute Gasteiger partial charge is 0.393 e. The van der Waals surface area contributed by atoms with Gasteiger partial charge in [-0.2, -0.15) is 4.39 Å². The predicted molar refractivity (Wildman–Crippen MR) is 63.8 cm³/mol. The van der Waals surface area contributed by atoms with Gasteiger partial charge in [-0.1, -0.05) is 0 Å². The molecule has 1 fully saturated rings. The third-order valence-electron chi connectivity index (χ3n) is 3.57. The zero-order valence-electron chi connectivity index (χ0n) is 10.9. The Kier molecular flexibility index (Phi) is 3.97. The number of nitrogens with zero attached hydrogens (tertiary/aromatic N) is 1. The molecule has 118 valence electrons. The molecule has 1 aliphatic rings. The SMILES string of the molecule is C[C@@H](O)[C@]1(CO)O[C@@H](n2cc(F)c(=O)[nH]c2=O)[C@@H](F)[C@@H]1O. The van der Waals surface area contributed by atoms with Crippen molar-refractivity contribution in [3.05, 3.63) is 32.9 Å². The highest BCUT2D eigenvalue weighted by Gasteiger charge is 2.58. The molecule has 8 nitrogen and oxygen atoms in total. The van der Waals surface area contributed by atoms with Crippen LogP contribution in [0.15, 0.2) is 15.8 Å². The number of aromatic amines is 1. The Morgan fingerprint density at radius 2 is 2.19 bits per heavy atom. The van der Waals surface area contributed by atoms with Gasteiger partial charge in [0.25, 0.3) is 5.56 Å². The summed E-state index contributed by atoms with van der Waals surface area (Å²) in [6, 6.07) is 0. The summed E-state index contributed by atoms with van der Waals surface area (Å²) < 4.78 is 32.9. The minimum atomic E-state index is -2.23. The quantitative estimate of drug-likeness (QED) is 0.513. The molecule has 1 saturated heterocycles. The highest BCUT2D eigenvalue weighted by atomic mass is 19.1. The van der Waals surface area contributed by atoms with Crippen molar-refractivity contribution >= 4 is 0 Å². The van der Waals surface area contributed by atoms with Crippen LogP contribution in [-0.2, 0) is 4.74 Å². The van der Waals surface area contributed by atoms with Crippen LogP contribution in [0.3, 0.4) is 0 Å². The molecule has 21 heavy (non-hydrogen) atoms. The van der Waals surface area contributed by atoms with Gasteiger partial charge in [-0.25, -0.2) is 9.18 Å². The van der Waals surface area contributed by atoms with Crippen molar-refractivity contribution in [2.45, 2.75) is 37.1 Å². The van der Waals surface area contributed by atoms with Crippen LogP contribution in [0.1, 0.15) is 13.2 Å². The molecule has 0 aliphatic carbocycles. The second-order valence-electron chi connectivity index (χ2n) is 4.83. The van der Waals surface area contributed by atoms with Gasteiger partial charge in [0.15, 0.2) is 12.4 Å². The molecule has 1 aliphatic heterocycles. The number of aliphatic hydroxyl groups excluding tert-OH is 3. The van der Waals surface area contributed by atoms with Crippen LogP contribution >= 0.6 is 0 Å². The van der Waals surface area contributed by atoms with Gasteiger partial charge in [-0.15, -0.1) is 0 Å². The monoisotopic (exact) mass is 308 g/mol. The first kappa shape index (κ1) is 15.8. The smallest absolute Gasteiger partial charge is 0.330 e. The molecule has 0 aromatic carbocycles. The zero-order chi connectivity index (χ0) is 15.9. The molecule has 2 heterocycles. The molecule has 1 aromatic heterocycles. The topological polar surface area (TPSA) is 125 Å². The number of hydrogen-bond donors (Lipinski definition) is 4. The maximum Gasteiger partial charge on any atom is 0.330 e. The fourth-order valence-electron chi connectivity index (χ4n) is 2.25. The third kappa shape index (κ3) is 2.29. The summed E-state index contributed by atoms with van der Waals surface area (Å²) in [5, 5.41) is 28.7. The highest BCUT2D eigenvalue weighted by molar-refractivity contribution is 5.05. The van der Waals surface area contributed by atoms with E-state index in [1.54, 1.807) is 4.98 Å². The van der Waals surface area contributed by atoms with E-state index in [0.29, 0.717) is 10.8 Å². The molecule has 0 bridgehead atoms. The van der Waals surface area contributed by atoms with E-state index in [-0.39, 0.29) is 0 Å². The molecule has 0 unspecified atom stereocenters. The summed E-state index contributed by atoms with van der Waals surface area (Å²) in [6.07, 6.45) is -7.02. The Bertz CT molecular complexity index is 644. The molecule has 0 saturated carbocycles. The standard InChI is InChI=1S/C11H14F2N2O6/c1-4(17)11(3-16)7(18)6(13)9(21-11)15-2-5(12)8(19)14-10(15)20/h2,4,6-7,9,16-18H,3H2,1H3,(H,14,19,20)/t4-,6+,7+,9-,11+/m1/s1. The van der Waals surface area contributed by atoms with Crippen LogP contribution in [0, 0.1) is 5.82 Å². The number of ether oxygens (including phenoxy) is 1. The minimum Gasteiger partial charge on any atom is -0.393 e. The lowest BCUT2D eigenvalue weighted by Crippen LogP contribution is -2.53. The van der Waals surface area contributed by atoms with E-state index in [1.165, 1.54) is 0 Å². The van der Waals surface area contributed by atoms with Crippen LogP contribution in [0.2, 0.25) is 0 Å². The molecule has 10 heteroatoms. The van der Waals surface area contributed by atoms with E-state index in [9.17, 15) is 33.7 Å². The van der Waals surface area contributed by atoms with Gasteiger partial charge in [-0.3, -0.25) is 14.3 Å². The van der Waals surface area contributed by atoms with E-state index in [1.807, 2.05) is 0 Å². The van der Waals surface area contributed by atoms with Crippen molar-refractivity contribution in [1.82, 2.24) is 9.55 Å². The van der Waals surface area contributed by atoms with Crippen molar-refractivity contribution in [2.75, 3.05) is 6.61 Å². The molecule has 0 radical (unpaired) electrons. The van der Waals surface area contributed by atoms with E-state index < -0.39 is 53.9 Å². The van der Waals surface area contributed by atoms with Crippen LogP contribution in [-0.4, -0.2) is 55.5 Å². The number of nitrogens with one attached hydrogen (secondary N) is 1. The number of alkyl halides is 1. The first-order valence-electron chi connectivity index (χ1n) is 6.04. The fourth-order valence-corrected chi connectivity index (χ4v) is 2.25. The van der Waals surface area contributed by atoms with Gasteiger partial charge in [0.1, 0.15) is 11.7 Å². The van der Waals surface area contributed by atoms with Gasteiger partial charge >= 0.3 is 5.69 Å². The third-order valence-corrected chi connectivity index (χ3v) is 3.57. The molecule has 1 aromatic rings. The van der Waals surface area contributed by atoms with E-state index in [4.69, 9.17) is 4.74 Å². The number of aromatic nitrogens is 2. The maximum absolute atomic E-state index is 14.2. The number of halogens is 2. The Morgan fingerprint density at radius 3 is 2.67 bits per heavy atom. The fraction of sp³-hybridized carbons (Fsp3) is 0.636. The van der Waals surface area contributed by atoms with Gasteiger partial charge in [-0.05, 0) is 6.92 Å². The molecular formula is C11H14F2N2O6. The summed E-state index contributed by atoms with van der Waals surface area (Å²) in [7, 11) is 0. The molecule has 5 atom stereocenters.